The largest absolute Gasteiger partial charge is 0.314 e. The first-order valence-electron chi connectivity index (χ1n) is 7.17. The average molecular weight is 249 g/mol. The molecule has 0 radical (unpaired) electrons. The van der Waals surface area contributed by atoms with Gasteiger partial charge >= 0.3 is 0 Å². The zero-order valence-electron chi connectivity index (χ0n) is 11.5. The number of nitrogens with one attached hydrogen (secondary N) is 1. The second-order valence-electron chi connectivity index (χ2n) is 5.61. The highest BCUT2D eigenvalue weighted by molar-refractivity contribution is 5.27. The Balaban J connectivity index is 1.94. The van der Waals surface area contributed by atoms with Gasteiger partial charge in [-0.05, 0) is 68.3 Å². The summed E-state index contributed by atoms with van der Waals surface area (Å²) in [6.07, 6.45) is 6.08. The highest BCUT2D eigenvalue weighted by Crippen LogP contribution is 2.22. The number of aryl methyl sites for hydroxylation is 1. The van der Waals surface area contributed by atoms with E-state index in [9.17, 15) is 4.39 Å². The van der Waals surface area contributed by atoms with Crippen molar-refractivity contribution in [3.63, 3.8) is 0 Å². The molecular formula is C16H24FN. The molecule has 18 heavy (non-hydrogen) atoms. The average Bonchev–Trinajstić information content (AvgIpc) is 3.15. The molecule has 1 atom stereocenters. The SMILES string of the molecule is CCCC(CNC1CC1)Cc1cc(F)ccc1C. The second-order valence-corrected chi connectivity index (χ2v) is 5.61. The van der Waals surface area contributed by atoms with Crippen LogP contribution in [0, 0.1) is 18.7 Å². The van der Waals surface area contributed by atoms with E-state index in [4.69, 9.17) is 0 Å². The van der Waals surface area contributed by atoms with Crippen molar-refractivity contribution in [2.75, 3.05) is 6.54 Å². The molecule has 1 fully saturated rings. The first-order valence-corrected chi connectivity index (χ1v) is 7.17. The van der Waals surface area contributed by atoms with Gasteiger partial charge in [0.05, 0.1) is 0 Å². The maximum Gasteiger partial charge on any atom is 0.123 e. The van der Waals surface area contributed by atoms with Crippen LogP contribution in [-0.2, 0) is 6.42 Å². The van der Waals surface area contributed by atoms with Gasteiger partial charge in [0.2, 0.25) is 0 Å². The fourth-order valence-corrected chi connectivity index (χ4v) is 2.48. The lowest BCUT2D eigenvalue weighted by Gasteiger charge is -2.18. The smallest absolute Gasteiger partial charge is 0.123 e. The van der Waals surface area contributed by atoms with Gasteiger partial charge in [-0.1, -0.05) is 19.4 Å². The van der Waals surface area contributed by atoms with E-state index in [1.807, 2.05) is 6.07 Å². The van der Waals surface area contributed by atoms with Gasteiger partial charge in [-0.25, -0.2) is 4.39 Å². The van der Waals surface area contributed by atoms with Crippen molar-refractivity contribution in [1.82, 2.24) is 5.32 Å². The molecule has 0 bridgehead atoms. The molecule has 0 heterocycles. The molecular weight excluding hydrogens is 225 g/mol. The number of halogens is 1. The minimum Gasteiger partial charge on any atom is -0.314 e. The fourth-order valence-electron chi connectivity index (χ4n) is 2.48. The highest BCUT2D eigenvalue weighted by atomic mass is 19.1. The lowest BCUT2D eigenvalue weighted by Crippen LogP contribution is -2.26. The molecule has 1 saturated carbocycles. The summed E-state index contributed by atoms with van der Waals surface area (Å²) in [5, 5.41) is 3.60. The van der Waals surface area contributed by atoms with Crippen molar-refractivity contribution in [1.29, 1.82) is 0 Å². The fraction of sp³-hybridized carbons (Fsp3) is 0.625. The van der Waals surface area contributed by atoms with Crippen molar-refractivity contribution in [3.05, 3.63) is 35.1 Å². The molecule has 100 valence electrons. The van der Waals surface area contributed by atoms with Crippen LogP contribution in [0.3, 0.4) is 0 Å². The molecule has 1 aliphatic carbocycles. The van der Waals surface area contributed by atoms with Crippen LogP contribution >= 0.6 is 0 Å². The van der Waals surface area contributed by atoms with Crippen LogP contribution in [0.1, 0.15) is 43.7 Å². The van der Waals surface area contributed by atoms with Crippen LogP contribution in [0.2, 0.25) is 0 Å². The molecule has 1 aromatic carbocycles. The van der Waals surface area contributed by atoms with E-state index in [1.54, 1.807) is 12.1 Å². The zero-order chi connectivity index (χ0) is 13.0. The summed E-state index contributed by atoms with van der Waals surface area (Å²) in [6, 6.07) is 5.91. The van der Waals surface area contributed by atoms with Gasteiger partial charge in [-0.15, -0.1) is 0 Å². The molecule has 1 unspecified atom stereocenters. The van der Waals surface area contributed by atoms with Crippen molar-refractivity contribution in [2.45, 2.75) is 52.0 Å². The third-order valence-corrected chi connectivity index (χ3v) is 3.79. The molecule has 0 amide bonds. The van der Waals surface area contributed by atoms with Gasteiger partial charge in [0.1, 0.15) is 5.82 Å². The van der Waals surface area contributed by atoms with E-state index in [0.717, 1.165) is 19.0 Å². The maximum atomic E-state index is 13.3. The standard InChI is InChI=1S/C16H24FN/c1-3-4-13(11-18-16-7-8-16)9-14-10-15(17)6-5-12(14)2/h5-6,10,13,16,18H,3-4,7-9,11H2,1-2H3. The Kier molecular flexibility index (Phi) is 4.76. The number of benzene rings is 1. The third kappa shape index (κ3) is 4.09. The molecule has 2 rings (SSSR count). The van der Waals surface area contributed by atoms with Gasteiger partial charge < -0.3 is 5.32 Å². The van der Waals surface area contributed by atoms with Gasteiger partial charge in [0, 0.05) is 6.04 Å². The molecule has 0 aliphatic heterocycles. The molecule has 2 heteroatoms. The van der Waals surface area contributed by atoms with E-state index in [2.05, 4.69) is 19.2 Å². The molecule has 0 spiro atoms. The topological polar surface area (TPSA) is 12.0 Å². The molecule has 1 aromatic rings. The Morgan fingerprint density at radius 2 is 2.17 bits per heavy atom. The van der Waals surface area contributed by atoms with E-state index < -0.39 is 0 Å². The van der Waals surface area contributed by atoms with Crippen LogP contribution in [0.5, 0.6) is 0 Å². The lowest BCUT2D eigenvalue weighted by molar-refractivity contribution is 0.436. The van der Waals surface area contributed by atoms with Crippen molar-refractivity contribution in [3.8, 4) is 0 Å². The number of hydrogen-bond acceptors (Lipinski definition) is 1. The summed E-state index contributed by atoms with van der Waals surface area (Å²) in [5.41, 5.74) is 2.38. The quantitative estimate of drug-likeness (QED) is 0.774. The molecule has 1 nitrogen and oxygen atoms in total. The van der Waals surface area contributed by atoms with Gasteiger partial charge in [-0.3, -0.25) is 0 Å². The predicted octanol–water partition coefficient (Wildman–Crippen LogP) is 3.84. The zero-order valence-corrected chi connectivity index (χ0v) is 11.5. The van der Waals surface area contributed by atoms with E-state index in [1.165, 1.54) is 36.8 Å². The first-order chi connectivity index (χ1) is 8.69. The summed E-state index contributed by atoms with van der Waals surface area (Å²) >= 11 is 0. The predicted molar refractivity (Wildman–Crippen MR) is 74.3 cm³/mol. The normalized spacial score (nSPS) is 16.8. The van der Waals surface area contributed by atoms with Gasteiger partial charge in [0.25, 0.3) is 0 Å². The maximum absolute atomic E-state index is 13.3. The summed E-state index contributed by atoms with van der Waals surface area (Å²) in [5.74, 6) is 0.525. The van der Waals surface area contributed by atoms with E-state index in [0.29, 0.717) is 5.92 Å². The van der Waals surface area contributed by atoms with Crippen molar-refractivity contribution in [2.24, 2.45) is 5.92 Å². The molecule has 0 saturated heterocycles. The summed E-state index contributed by atoms with van der Waals surface area (Å²) in [4.78, 5) is 0. The number of rotatable bonds is 7. The summed E-state index contributed by atoms with van der Waals surface area (Å²) in [7, 11) is 0. The van der Waals surface area contributed by atoms with E-state index in [-0.39, 0.29) is 5.82 Å². The Morgan fingerprint density at radius 1 is 1.39 bits per heavy atom. The Hall–Kier alpha value is -0.890. The third-order valence-electron chi connectivity index (χ3n) is 3.79. The molecule has 1 aliphatic rings. The van der Waals surface area contributed by atoms with Crippen LogP contribution < -0.4 is 5.32 Å². The number of hydrogen-bond donors (Lipinski definition) is 1. The van der Waals surface area contributed by atoms with Crippen LogP contribution in [0.15, 0.2) is 18.2 Å². The minimum atomic E-state index is -0.110. The molecule has 1 N–H and O–H groups in total. The van der Waals surface area contributed by atoms with Crippen LogP contribution in [-0.4, -0.2) is 12.6 Å². The Bertz CT molecular complexity index is 385. The van der Waals surface area contributed by atoms with Crippen LogP contribution in [0.4, 0.5) is 4.39 Å². The molecule has 0 aromatic heterocycles. The lowest BCUT2D eigenvalue weighted by atomic mass is 9.92. The van der Waals surface area contributed by atoms with Crippen LogP contribution in [0.25, 0.3) is 0 Å². The monoisotopic (exact) mass is 249 g/mol. The summed E-state index contributed by atoms with van der Waals surface area (Å²) < 4.78 is 13.3. The second kappa shape index (κ2) is 6.33. The van der Waals surface area contributed by atoms with Gasteiger partial charge in [-0.2, -0.15) is 0 Å². The van der Waals surface area contributed by atoms with Crippen molar-refractivity contribution >= 4 is 0 Å². The summed E-state index contributed by atoms with van der Waals surface area (Å²) in [6.45, 7) is 5.38. The Labute approximate surface area is 110 Å². The van der Waals surface area contributed by atoms with Crippen molar-refractivity contribution < 1.29 is 4.39 Å². The van der Waals surface area contributed by atoms with Gasteiger partial charge in [0.15, 0.2) is 0 Å². The van der Waals surface area contributed by atoms with E-state index >= 15 is 0 Å². The minimum absolute atomic E-state index is 0.110. The Morgan fingerprint density at radius 3 is 2.83 bits per heavy atom. The highest BCUT2D eigenvalue weighted by Gasteiger charge is 2.22. The first kappa shape index (κ1) is 13.5.